The second kappa shape index (κ2) is 11.7. The van der Waals surface area contributed by atoms with Crippen LogP contribution < -0.4 is 20.5 Å². The molecule has 1 heterocycles. The summed E-state index contributed by atoms with van der Waals surface area (Å²) in [5.74, 6) is 2.57. The van der Waals surface area contributed by atoms with Crippen LogP contribution in [0, 0.1) is 0 Å². The molecule has 0 radical (unpaired) electrons. The maximum absolute atomic E-state index is 6.03. The van der Waals surface area contributed by atoms with E-state index in [1.54, 1.807) is 6.20 Å². The number of pyridine rings is 1. The van der Waals surface area contributed by atoms with Gasteiger partial charge >= 0.3 is 0 Å². The van der Waals surface area contributed by atoms with Gasteiger partial charge in [0, 0.05) is 18.3 Å². The summed E-state index contributed by atoms with van der Waals surface area (Å²) in [4.78, 5) is 8.72. The molecule has 1 aliphatic carbocycles. The first kappa shape index (κ1) is 22.3. The Morgan fingerprint density at radius 1 is 1.14 bits per heavy atom. The van der Waals surface area contributed by atoms with Gasteiger partial charge in [0.2, 0.25) is 5.88 Å². The fourth-order valence-corrected chi connectivity index (χ4v) is 3.17. The largest absolute Gasteiger partial charge is 0.494 e. The maximum Gasteiger partial charge on any atom is 0.219 e. The SMILES string of the molecule is CCOc1ccc(Oc2cc(CN=C(N)NC3CCCCC3)ccn2)cc1.I. The zero-order valence-electron chi connectivity index (χ0n) is 16.3. The van der Waals surface area contributed by atoms with Crippen molar-refractivity contribution in [2.24, 2.45) is 10.7 Å². The third kappa shape index (κ3) is 7.18. The van der Waals surface area contributed by atoms with Crippen LogP contribution in [0.2, 0.25) is 0 Å². The van der Waals surface area contributed by atoms with Gasteiger partial charge < -0.3 is 20.5 Å². The molecular formula is C21H29IN4O2. The summed E-state index contributed by atoms with van der Waals surface area (Å²) in [5.41, 5.74) is 7.03. The zero-order valence-corrected chi connectivity index (χ0v) is 18.6. The van der Waals surface area contributed by atoms with Crippen molar-refractivity contribution < 1.29 is 9.47 Å². The number of rotatable bonds is 7. The molecule has 1 aromatic heterocycles. The van der Waals surface area contributed by atoms with E-state index in [0.29, 0.717) is 36.8 Å². The minimum Gasteiger partial charge on any atom is -0.494 e. The van der Waals surface area contributed by atoms with Crippen LogP contribution in [0.15, 0.2) is 47.6 Å². The number of benzene rings is 1. The summed E-state index contributed by atoms with van der Waals surface area (Å²) in [6.45, 7) is 3.09. The average molecular weight is 496 g/mol. The minimum atomic E-state index is 0. The normalized spacial score (nSPS) is 14.8. The Hall–Kier alpha value is -2.03. The van der Waals surface area contributed by atoms with E-state index in [9.17, 15) is 0 Å². The van der Waals surface area contributed by atoms with Crippen LogP contribution in [0.1, 0.15) is 44.6 Å². The molecule has 0 bridgehead atoms. The molecule has 0 atom stereocenters. The molecule has 0 saturated heterocycles. The van der Waals surface area contributed by atoms with Gasteiger partial charge in [0.05, 0.1) is 13.2 Å². The molecule has 1 aliphatic rings. The van der Waals surface area contributed by atoms with Crippen molar-refractivity contribution in [3.8, 4) is 17.4 Å². The first-order valence-electron chi connectivity index (χ1n) is 9.65. The lowest BCUT2D eigenvalue weighted by molar-refractivity contribution is 0.339. The second-order valence-corrected chi connectivity index (χ2v) is 6.69. The number of nitrogens with one attached hydrogen (secondary N) is 1. The van der Waals surface area contributed by atoms with Gasteiger partial charge in [0.25, 0.3) is 0 Å². The third-order valence-corrected chi connectivity index (χ3v) is 4.55. The second-order valence-electron chi connectivity index (χ2n) is 6.69. The summed E-state index contributed by atoms with van der Waals surface area (Å²) in [6.07, 6.45) is 7.92. The first-order valence-corrected chi connectivity index (χ1v) is 9.65. The van der Waals surface area contributed by atoms with Crippen LogP contribution in [0.4, 0.5) is 0 Å². The molecule has 3 N–H and O–H groups in total. The van der Waals surface area contributed by atoms with Crippen molar-refractivity contribution in [2.45, 2.75) is 51.6 Å². The van der Waals surface area contributed by atoms with Gasteiger partial charge in [-0.1, -0.05) is 19.3 Å². The molecule has 0 aliphatic heterocycles. The molecule has 1 fully saturated rings. The van der Waals surface area contributed by atoms with Crippen molar-refractivity contribution in [1.82, 2.24) is 10.3 Å². The number of hydrogen-bond acceptors (Lipinski definition) is 4. The van der Waals surface area contributed by atoms with Crippen molar-refractivity contribution in [2.75, 3.05) is 6.61 Å². The molecular weight excluding hydrogens is 467 g/mol. The molecule has 152 valence electrons. The molecule has 0 unspecified atom stereocenters. The van der Waals surface area contributed by atoms with Gasteiger partial charge in [-0.25, -0.2) is 9.98 Å². The third-order valence-electron chi connectivity index (χ3n) is 4.55. The Bertz CT molecular complexity index is 746. The molecule has 0 amide bonds. The summed E-state index contributed by atoms with van der Waals surface area (Å²) < 4.78 is 11.3. The smallest absolute Gasteiger partial charge is 0.219 e. The van der Waals surface area contributed by atoms with E-state index in [1.165, 1.54) is 32.1 Å². The minimum absolute atomic E-state index is 0. The standard InChI is InChI=1S/C21H28N4O2.HI/c1-2-26-18-8-10-19(11-9-18)27-20-14-16(12-13-23-20)15-24-21(22)25-17-6-4-3-5-7-17;/h8-14,17H,2-7,15H2,1H3,(H3,22,24,25);1H. The van der Waals surface area contributed by atoms with Crippen molar-refractivity contribution >= 4 is 29.9 Å². The number of aromatic nitrogens is 1. The van der Waals surface area contributed by atoms with Crippen molar-refractivity contribution in [3.63, 3.8) is 0 Å². The van der Waals surface area contributed by atoms with Gasteiger partial charge in [-0.3, -0.25) is 0 Å². The van der Waals surface area contributed by atoms with E-state index in [1.807, 2.05) is 43.3 Å². The van der Waals surface area contributed by atoms with Gasteiger partial charge in [-0.2, -0.15) is 0 Å². The van der Waals surface area contributed by atoms with Crippen molar-refractivity contribution in [3.05, 3.63) is 48.2 Å². The maximum atomic E-state index is 6.03. The Kier molecular flexibility index (Phi) is 9.33. The zero-order chi connectivity index (χ0) is 18.9. The topological polar surface area (TPSA) is 81.8 Å². The molecule has 0 spiro atoms. The van der Waals surface area contributed by atoms with Gasteiger partial charge in [-0.05, 0) is 55.7 Å². The van der Waals surface area contributed by atoms with Crippen molar-refractivity contribution in [1.29, 1.82) is 0 Å². The molecule has 2 aromatic rings. The monoisotopic (exact) mass is 496 g/mol. The van der Waals surface area contributed by atoms with Crippen LogP contribution in [0.25, 0.3) is 0 Å². The summed E-state index contributed by atoms with van der Waals surface area (Å²) in [6, 6.07) is 11.7. The highest BCUT2D eigenvalue weighted by Crippen LogP contribution is 2.23. The highest BCUT2D eigenvalue weighted by Gasteiger charge is 2.13. The predicted molar refractivity (Wildman–Crippen MR) is 123 cm³/mol. The first-order chi connectivity index (χ1) is 13.2. The molecule has 7 heteroatoms. The summed E-state index contributed by atoms with van der Waals surface area (Å²) >= 11 is 0. The Balaban J connectivity index is 0.00000280. The molecule has 1 saturated carbocycles. The van der Waals surface area contributed by atoms with E-state index in [0.717, 1.165) is 11.3 Å². The van der Waals surface area contributed by atoms with Crippen LogP contribution in [0.3, 0.4) is 0 Å². The van der Waals surface area contributed by atoms with Crippen LogP contribution in [-0.4, -0.2) is 23.6 Å². The molecule has 1 aromatic carbocycles. The Morgan fingerprint density at radius 3 is 2.57 bits per heavy atom. The summed E-state index contributed by atoms with van der Waals surface area (Å²) in [7, 11) is 0. The lowest BCUT2D eigenvalue weighted by atomic mass is 9.96. The van der Waals surface area contributed by atoms with E-state index < -0.39 is 0 Å². The van der Waals surface area contributed by atoms with Gasteiger partial charge in [-0.15, -0.1) is 24.0 Å². The van der Waals surface area contributed by atoms with Crippen LogP contribution in [0.5, 0.6) is 17.4 Å². The number of ether oxygens (including phenoxy) is 2. The number of halogens is 1. The summed E-state index contributed by atoms with van der Waals surface area (Å²) in [5, 5.41) is 3.33. The van der Waals surface area contributed by atoms with E-state index >= 15 is 0 Å². The average Bonchev–Trinajstić information content (AvgIpc) is 2.69. The van der Waals surface area contributed by atoms with Gasteiger partial charge in [0.15, 0.2) is 5.96 Å². The van der Waals surface area contributed by atoms with Gasteiger partial charge in [0.1, 0.15) is 11.5 Å². The lowest BCUT2D eigenvalue weighted by Gasteiger charge is -2.23. The quantitative estimate of drug-likeness (QED) is 0.332. The Morgan fingerprint density at radius 2 is 1.86 bits per heavy atom. The number of nitrogens with zero attached hydrogens (tertiary/aromatic N) is 2. The van der Waals surface area contributed by atoms with E-state index in [4.69, 9.17) is 15.2 Å². The molecule has 28 heavy (non-hydrogen) atoms. The highest BCUT2D eigenvalue weighted by atomic mass is 127. The molecule has 3 rings (SSSR count). The number of hydrogen-bond donors (Lipinski definition) is 2. The van der Waals surface area contributed by atoms with E-state index in [2.05, 4.69) is 15.3 Å². The Labute approximate surface area is 184 Å². The number of aliphatic imine (C=N–C) groups is 1. The number of nitrogens with two attached hydrogens (primary N) is 1. The number of guanidine groups is 1. The lowest BCUT2D eigenvalue weighted by Crippen LogP contribution is -2.41. The predicted octanol–water partition coefficient (Wildman–Crippen LogP) is 4.63. The van der Waals surface area contributed by atoms with Crippen LogP contribution >= 0.6 is 24.0 Å². The highest BCUT2D eigenvalue weighted by molar-refractivity contribution is 14.0. The molecule has 6 nitrogen and oxygen atoms in total. The van der Waals surface area contributed by atoms with E-state index in [-0.39, 0.29) is 24.0 Å². The van der Waals surface area contributed by atoms with Crippen LogP contribution in [-0.2, 0) is 6.54 Å². The fraction of sp³-hybridized carbons (Fsp3) is 0.429. The fourth-order valence-electron chi connectivity index (χ4n) is 3.17.